The van der Waals surface area contributed by atoms with Crippen molar-refractivity contribution in [2.24, 2.45) is 5.73 Å². The Morgan fingerprint density at radius 2 is 1.76 bits per heavy atom. The molecule has 1 heterocycles. The van der Waals surface area contributed by atoms with Gasteiger partial charge in [0, 0.05) is 11.7 Å². The van der Waals surface area contributed by atoms with Crippen molar-refractivity contribution in [2.75, 3.05) is 17.7 Å². The minimum atomic E-state index is -1.02. The number of hydrogen-bond acceptors (Lipinski definition) is 7. The number of nitrogens with one attached hydrogen (secondary N) is 1. The lowest BCUT2D eigenvalue weighted by Gasteiger charge is -2.34. The smallest absolute Gasteiger partial charge is 0.273 e. The van der Waals surface area contributed by atoms with Gasteiger partial charge in [-0.1, -0.05) is 49.1 Å². The van der Waals surface area contributed by atoms with Crippen molar-refractivity contribution in [1.29, 1.82) is 0 Å². The zero-order chi connectivity index (χ0) is 27.4. The van der Waals surface area contributed by atoms with Crippen LogP contribution in [0.2, 0.25) is 0 Å². The van der Waals surface area contributed by atoms with Crippen molar-refractivity contribution in [2.45, 2.75) is 58.0 Å². The number of aryl methyl sites for hydroxylation is 2. The first-order valence-corrected chi connectivity index (χ1v) is 13.4. The Balaban J connectivity index is 1.87. The van der Waals surface area contributed by atoms with Crippen LogP contribution in [0.1, 0.15) is 75.0 Å². The Labute approximate surface area is 226 Å². The number of methoxy groups -OCH3 is 1. The molecule has 1 fully saturated rings. The number of hydrogen-bond donors (Lipinski definition) is 3. The third-order valence-corrected chi connectivity index (χ3v) is 7.73. The minimum Gasteiger partial charge on any atom is -0.497 e. The number of carbonyl (C=O) groups is 3. The summed E-state index contributed by atoms with van der Waals surface area (Å²) < 4.78 is 9.34. The van der Waals surface area contributed by atoms with Crippen LogP contribution in [0.4, 0.5) is 11.4 Å². The third-order valence-electron chi connectivity index (χ3n) is 6.88. The summed E-state index contributed by atoms with van der Waals surface area (Å²) in [5.74, 6) is -1.03. The minimum absolute atomic E-state index is 0.0306. The van der Waals surface area contributed by atoms with Crippen molar-refractivity contribution in [3.63, 3.8) is 0 Å². The molecule has 0 spiro atoms. The van der Waals surface area contributed by atoms with E-state index in [0.29, 0.717) is 17.0 Å². The number of nitrogens with two attached hydrogens (primary N) is 2. The molecule has 3 aromatic rings. The second kappa shape index (κ2) is 11.6. The number of carbonyl (C=O) groups excluding carboxylic acids is 3. The average molecular weight is 536 g/mol. The maximum atomic E-state index is 14.2. The van der Waals surface area contributed by atoms with Gasteiger partial charge in [-0.2, -0.15) is 4.37 Å². The first-order chi connectivity index (χ1) is 18.2. The summed E-state index contributed by atoms with van der Waals surface area (Å²) in [7, 11) is 1.57. The van der Waals surface area contributed by atoms with Crippen molar-refractivity contribution in [3.8, 4) is 5.75 Å². The van der Waals surface area contributed by atoms with Crippen LogP contribution in [0, 0.1) is 13.8 Å². The van der Waals surface area contributed by atoms with Crippen molar-refractivity contribution in [1.82, 2.24) is 9.69 Å². The Kier molecular flexibility index (Phi) is 8.31. The molecule has 38 heavy (non-hydrogen) atoms. The van der Waals surface area contributed by atoms with E-state index < -0.39 is 17.9 Å². The number of benzene rings is 2. The lowest BCUT2D eigenvalue weighted by Crippen LogP contribution is -2.47. The molecule has 200 valence electrons. The summed E-state index contributed by atoms with van der Waals surface area (Å²) in [6.45, 7) is 3.84. The summed E-state index contributed by atoms with van der Waals surface area (Å²) >= 11 is 0.792. The number of ether oxygens (including phenoxy) is 1. The topological polar surface area (TPSA) is 141 Å². The van der Waals surface area contributed by atoms with Crippen LogP contribution in [-0.4, -0.2) is 35.2 Å². The van der Waals surface area contributed by atoms with Gasteiger partial charge >= 0.3 is 0 Å². The molecule has 0 radical (unpaired) electrons. The molecule has 1 atom stereocenters. The van der Waals surface area contributed by atoms with E-state index >= 15 is 0 Å². The summed E-state index contributed by atoms with van der Waals surface area (Å²) in [6, 6.07) is 11.7. The Morgan fingerprint density at radius 3 is 2.34 bits per heavy atom. The molecule has 4 rings (SSSR count). The van der Waals surface area contributed by atoms with Crippen molar-refractivity contribution in [3.05, 3.63) is 69.7 Å². The van der Waals surface area contributed by atoms with Gasteiger partial charge in [0.2, 0.25) is 5.91 Å². The summed E-state index contributed by atoms with van der Waals surface area (Å²) in [4.78, 5) is 41.6. The van der Waals surface area contributed by atoms with E-state index in [1.807, 2.05) is 32.0 Å². The van der Waals surface area contributed by atoms with Crippen LogP contribution in [0.5, 0.6) is 5.75 Å². The van der Waals surface area contributed by atoms with Crippen molar-refractivity contribution >= 4 is 40.6 Å². The predicted molar refractivity (Wildman–Crippen MR) is 149 cm³/mol. The molecule has 1 saturated carbocycles. The fourth-order valence-electron chi connectivity index (χ4n) is 4.91. The van der Waals surface area contributed by atoms with Gasteiger partial charge < -0.3 is 21.5 Å². The molecule has 10 heteroatoms. The lowest BCUT2D eigenvalue weighted by atomic mass is 9.94. The van der Waals surface area contributed by atoms with Crippen LogP contribution in [-0.2, 0) is 4.79 Å². The molecular formula is C28H33N5O4S. The second-order valence-electron chi connectivity index (χ2n) is 9.62. The average Bonchev–Trinajstić information content (AvgIpc) is 3.29. The van der Waals surface area contributed by atoms with Crippen LogP contribution >= 0.6 is 11.5 Å². The fraction of sp³-hybridized carbons (Fsp3) is 0.357. The van der Waals surface area contributed by atoms with E-state index in [1.165, 1.54) is 4.90 Å². The molecule has 1 aromatic heterocycles. The SMILES string of the molecule is COc1ccc([C@H](C(=O)NC2CCCCC2)N(C(=O)c2snc(C(N)=O)c2N)c2ccc(C)cc2C)cc1. The van der Waals surface area contributed by atoms with E-state index in [9.17, 15) is 14.4 Å². The van der Waals surface area contributed by atoms with Crippen LogP contribution < -0.4 is 26.4 Å². The van der Waals surface area contributed by atoms with Gasteiger partial charge in [0.15, 0.2) is 5.69 Å². The first-order valence-electron chi connectivity index (χ1n) is 12.6. The third kappa shape index (κ3) is 5.65. The van der Waals surface area contributed by atoms with Crippen molar-refractivity contribution < 1.29 is 19.1 Å². The molecule has 1 aliphatic carbocycles. The highest BCUT2D eigenvalue weighted by molar-refractivity contribution is 7.09. The van der Waals surface area contributed by atoms with Gasteiger partial charge in [0.1, 0.15) is 16.7 Å². The molecule has 2 aromatic carbocycles. The number of primary amides is 1. The number of anilines is 2. The highest BCUT2D eigenvalue weighted by atomic mass is 32.1. The van der Waals surface area contributed by atoms with Gasteiger partial charge in [0.25, 0.3) is 11.8 Å². The lowest BCUT2D eigenvalue weighted by molar-refractivity contribution is -0.123. The summed E-state index contributed by atoms with van der Waals surface area (Å²) in [5.41, 5.74) is 14.3. The van der Waals surface area contributed by atoms with Gasteiger partial charge in [-0.3, -0.25) is 19.3 Å². The molecular weight excluding hydrogens is 502 g/mol. The molecule has 9 nitrogen and oxygen atoms in total. The van der Waals surface area contributed by atoms with E-state index in [1.54, 1.807) is 31.4 Å². The molecule has 5 N–H and O–H groups in total. The molecule has 0 saturated heterocycles. The highest BCUT2D eigenvalue weighted by Crippen LogP contribution is 2.36. The fourth-order valence-corrected chi connectivity index (χ4v) is 5.65. The number of nitrogens with zero attached hydrogens (tertiary/aromatic N) is 2. The van der Waals surface area contributed by atoms with Gasteiger partial charge in [-0.15, -0.1) is 0 Å². The second-order valence-corrected chi connectivity index (χ2v) is 10.4. The standard InChI is InChI=1S/C28H33N5O4S/c1-16-9-14-21(17(2)15-16)33(28(36)25-22(29)23(26(30)34)32-38-25)24(18-10-12-20(37-3)13-11-18)27(35)31-19-7-5-4-6-8-19/h9-15,19,24H,4-8,29H2,1-3H3,(H2,30,34)(H,31,35)/t24-/m1/s1. The molecule has 3 amide bonds. The zero-order valence-corrected chi connectivity index (χ0v) is 22.6. The Morgan fingerprint density at radius 1 is 1.08 bits per heavy atom. The maximum Gasteiger partial charge on any atom is 0.273 e. The normalized spacial score (nSPS) is 14.5. The zero-order valence-electron chi connectivity index (χ0n) is 21.8. The first kappa shape index (κ1) is 27.1. The number of amides is 3. The Bertz CT molecular complexity index is 1330. The number of rotatable bonds is 8. The van der Waals surface area contributed by atoms with E-state index in [4.69, 9.17) is 16.2 Å². The molecule has 0 unspecified atom stereocenters. The number of aromatic nitrogens is 1. The predicted octanol–water partition coefficient (Wildman–Crippen LogP) is 4.29. The maximum absolute atomic E-state index is 14.2. The van der Waals surface area contributed by atoms with E-state index in [0.717, 1.165) is 54.8 Å². The summed E-state index contributed by atoms with van der Waals surface area (Å²) in [6.07, 6.45) is 5.02. The molecule has 0 bridgehead atoms. The monoisotopic (exact) mass is 535 g/mol. The van der Waals surface area contributed by atoms with Crippen LogP contribution in [0.15, 0.2) is 42.5 Å². The largest absolute Gasteiger partial charge is 0.497 e. The van der Waals surface area contributed by atoms with Crippen LogP contribution in [0.3, 0.4) is 0 Å². The Hall–Kier alpha value is -3.92. The van der Waals surface area contributed by atoms with Gasteiger partial charge in [-0.05, 0) is 67.5 Å². The van der Waals surface area contributed by atoms with Crippen LogP contribution in [0.25, 0.3) is 0 Å². The van der Waals surface area contributed by atoms with Gasteiger partial charge in [0.05, 0.1) is 12.8 Å². The van der Waals surface area contributed by atoms with E-state index in [2.05, 4.69) is 9.69 Å². The quantitative estimate of drug-likeness (QED) is 0.393. The number of nitrogen functional groups attached to an aromatic ring is 1. The van der Waals surface area contributed by atoms with E-state index in [-0.39, 0.29) is 28.2 Å². The van der Waals surface area contributed by atoms with Gasteiger partial charge in [-0.25, -0.2) is 0 Å². The molecule has 0 aliphatic heterocycles. The molecule has 1 aliphatic rings. The highest BCUT2D eigenvalue weighted by Gasteiger charge is 2.37. The summed E-state index contributed by atoms with van der Waals surface area (Å²) in [5, 5.41) is 3.19.